The zero-order valence-corrected chi connectivity index (χ0v) is 10.3. The fourth-order valence-corrected chi connectivity index (χ4v) is 2.75. The van der Waals surface area contributed by atoms with Gasteiger partial charge in [-0.25, -0.2) is 4.98 Å². The van der Waals surface area contributed by atoms with Gasteiger partial charge in [0, 0.05) is 0 Å². The molecule has 0 saturated carbocycles. The van der Waals surface area contributed by atoms with Gasteiger partial charge in [-0.3, -0.25) is 5.10 Å². The smallest absolute Gasteiger partial charge is 0.209 e. The third-order valence-corrected chi connectivity index (χ3v) is 3.76. The standard InChI is InChI=1S/C7H6IN3S2/c8-4-13-7-9-6(10-11-7)5-2-1-3-12-5/h1-3H,4H2,(H,9,10,11). The van der Waals surface area contributed by atoms with Crippen molar-refractivity contribution < 1.29 is 0 Å². The molecule has 2 aromatic rings. The number of halogens is 1. The molecule has 0 bridgehead atoms. The van der Waals surface area contributed by atoms with Gasteiger partial charge in [-0.1, -0.05) is 40.4 Å². The molecule has 0 saturated heterocycles. The summed E-state index contributed by atoms with van der Waals surface area (Å²) >= 11 is 5.58. The maximum atomic E-state index is 4.34. The fourth-order valence-electron chi connectivity index (χ4n) is 0.883. The number of aromatic amines is 1. The second-order valence-corrected chi connectivity index (χ2v) is 5.89. The maximum absolute atomic E-state index is 4.34. The molecule has 0 unspecified atom stereocenters. The van der Waals surface area contributed by atoms with Crippen LogP contribution in [0.5, 0.6) is 0 Å². The van der Waals surface area contributed by atoms with Crippen LogP contribution in [0.4, 0.5) is 0 Å². The Kier molecular flexibility index (Phi) is 3.23. The highest BCUT2D eigenvalue weighted by Gasteiger charge is 2.05. The number of nitrogens with zero attached hydrogens (tertiary/aromatic N) is 2. The van der Waals surface area contributed by atoms with Crippen molar-refractivity contribution in [3.05, 3.63) is 17.5 Å². The van der Waals surface area contributed by atoms with Crippen molar-refractivity contribution in [3.8, 4) is 10.7 Å². The molecule has 2 rings (SSSR count). The van der Waals surface area contributed by atoms with Crippen LogP contribution in [-0.4, -0.2) is 18.9 Å². The van der Waals surface area contributed by atoms with Gasteiger partial charge in [0.05, 0.1) is 8.64 Å². The van der Waals surface area contributed by atoms with Crippen molar-refractivity contribution in [3.63, 3.8) is 0 Å². The van der Waals surface area contributed by atoms with Gasteiger partial charge in [0.15, 0.2) is 5.82 Å². The Morgan fingerprint density at radius 3 is 3.23 bits per heavy atom. The lowest BCUT2D eigenvalue weighted by atomic mass is 10.4. The molecule has 0 amide bonds. The van der Waals surface area contributed by atoms with Gasteiger partial charge in [0.1, 0.15) is 0 Å². The highest BCUT2D eigenvalue weighted by molar-refractivity contribution is 14.1. The molecule has 0 aliphatic carbocycles. The molecule has 0 aliphatic rings. The topological polar surface area (TPSA) is 41.6 Å². The molecule has 68 valence electrons. The van der Waals surface area contributed by atoms with E-state index in [4.69, 9.17) is 0 Å². The van der Waals surface area contributed by atoms with Crippen molar-refractivity contribution in [1.82, 2.24) is 15.2 Å². The van der Waals surface area contributed by atoms with Crippen LogP contribution in [0.15, 0.2) is 22.7 Å². The van der Waals surface area contributed by atoms with Crippen LogP contribution in [0.3, 0.4) is 0 Å². The summed E-state index contributed by atoms with van der Waals surface area (Å²) in [5.41, 5.74) is 0. The average Bonchev–Trinajstić information content (AvgIpc) is 2.70. The van der Waals surface area contributed by atoms with E-state index in [-0.39, 0.29) is 0 Å². The monoisotopic (exact) mass is 323 g/mol. The van der Waals surface area contributed by atoms with Crippen LogP contribution < -0.4 is 0 Å². The largest absolute Gasteiger partial charge is 0.257 e. The van der Waals surface area contributed by atoms with Crippen molar-refractivity contribution in [1.29, 1.82) is 0 Å². The van der Waals surface area contributed by atoms with E-state index in [2.05, 4.69) is 37.8 Å². The van der Waals surface area contributed by atoms with E-state index in [1.165, 1.54) is 0 Å². The first kappa shape index (κ1) is 9.47. The molecule has 2 aromatic heterocycles. The van der Waals surface area contributed by atoms with Crippen LogP contribution in [-0.2, 0) is 0 Å². The van der Waals surface area contributed by atoms with Crippen molar-refractivity contribution >= 4 is 45.7 Å². The molecule has 0 atom stereocenters. The lowest BCUT2D eigenvalue weighted by Crippen LogP contribution is -1.73. The summed E-state index contributed by atoms with van der Waals surface area (Å²) in [6, 6.07) is 4.04. The third-order valence-electron chi connectivity index (χ3n) is 1.40. The van der Waals surface area contributed by atoms with Crippen molar-refractivity contribution in [2.24, 2.45) is 0 Å². The van der Waals surface area contributed by atoms with Crippen molar-refractivity contribution in [2.45, 2.75) is 5.16 Å². The van der Waals surface area contributed by atoms with Crippen LogP contribution in [0.2, 0.25) is 0 Å². The number of thiophene rings is 1. The molecular formula is C7H6IN3S2. The van der Waals surface area contributed by atoms with E-state index in [1.54, 1.807) is 23.1 Å². The Morgan fingerprint density at radius 2 is 2.54 bits per heavy atom. The predicted octanol–water partition coefficient (Wildman–Crippen LogP) is 3.02. The van der Waals surface area contributed by atoms with Gasteiger partial charge in [-0.2, -0.15) is 0 Å². The Bertz CT molecular complexity index is 371. The lowest BCUT2D eigenvalue weighted by molar-refractivity contribution is 0.976. The number of aromatic nitrogens is 3. The highest BCUT2D eigenvalue weighted by Crippen LogP contribution is 2.23. The quantitative estimate of drug-likeness (QED) is 0.536. The Morgan fingerprint density at radius 1 is 1.62 bits per heavy atom. The van der Waals surface area contributed by atoms with Crippen LogP contribution in [0.1, 0.15) is 0 Å². The van der Waals surface area contributed by atoms with Gasteiger partial charge in [-0.05, 0) is 11.4 Å². The molecule has 0 radical (unpaired) electrons. The number of thioether (sulfide) groups is 1. The molecule has 2 heterocycles. The van der Waals surface area contributed by atoms with Crippen LogP contribution >= 0.6 is 45.7 Å². The second-order valence-electron chi connectivity index (χ2n) is 2.20. The minimum Gasteiger partial charge on any atom is -0.257 e. The number of hydrogen-bond acceptors (Lipinski definition) is 4. The minimum absolute atomic E-state index is 0.817. The number of H-pyrrole nitrogens is 1. The normalized spacial score (nSPS) is 10.5. The summed E-state index contributed by atoms with van der Waals surface area (Å²) in [5, 5.41) is 9.86. The molecule has 0 aliphatic heterocycles. The van der Waals surface area contributed by atoms with Crippen molar-refractivity contribution in [2.75, 3.05) is 3.76 Å². The van der Waals surface area contributed by atoms with E-state index < -0.39 is 0 Å². The Balaban J connectivity index is 2.23. The second kappa shape index (κ2) is 4.43. The van der Waals surface area contributed by atoms with Gasteiger partial charge in [0.25, 0.3) is 0 Å². The van der Waals surface area contributed by atoms with E-state index in [0.717, 1.165) is 19.6 Å². The molecule has 0 spiro atoms. The molecule has 0 fully saturated rings. The SMILES string of the molecule is ICSc1n[nH]c(-c2cccs2)n1. The Hall–Kier alpha value is -0.0800. The molecule has 6 heteroatoms. The first-order chi connectivity index (χ1) is 6.40. The van der Waals surface area contributed by atoms with Crippen LogP contribution in [0, 0.1) is 0 Å². The molecule has 13 heavy (non-hydrogen) atoms. The zero-order valence-electron chi connectivity index (χ0n) is 6.53. The van der Waals surface area contributed by atoms with E-state index in [1.807, 2.05) is 17.5 Å². The number of rotatable bonds is 3. The summed E-state index contributed by atoms with van der Waals surface area (Å²) in [4.78, 5) is 5.48. The van der Waals surface area contributed by atoms with Crippen LogP contribution in [0.25, 0.3) is 10.7 Å². The molecular weight excluding hydrogens is 317 g/mol. The summed E-state index contributed by atoms with van der Waals surface area (Å²) < 4.78 is 0.972. The summed E-state index contributed by atoms with van der Waals surface area (Å²) in [5.74, 6) is 0.863. The molecule has 1 N–H and O–H groups in total. The summed E-state index contributed by atoms with van der Waals surface area (Å²) in [7, 11) is 0. The first-order valence-electron chi connectivity index (χ1n) is 3.55. The van der Waals surface area contributed by atoms with E-state index >= 15 is 0 Å². The molecule has 3 nitrogen and oxygen atoms in total. The van der Waals surface area contributed by atoms with Gasteiger partial charge in [-0.15, -0.1) is 16.4 Å². The highest BCUT2D eigenvalue weighted by atomic mass is 127. The zero-order chi connectivity index (χ0) is 9.10. The van der Waals surface area contributed by atoms with E-state index in [0.29, 0.717) is 0 Å². The number of nitrogens with one attached hydrogen (secondary N) is 1. The average molecular weight is 323 g/mol. The predicted molar refractivity (Wildman–Crippen MR) is 64.4 cm³/mol. The first-order valence-corrected chi connectivity index (χ1v) is 6.94. The summed E-state index contributed by atoms with van der Waals surface area (Å²) in [6.07, 6.45) is 0. The fraction of sp³-hybridized carbons (Fsp3) is 0.143. The van der Waals surface area contributed by atoms with Gasteiger partial charge >= 0.3 is 0 Å². The Labute approximate surface area is 97.5 Å². The van der Waals surface area contributed by atoms with Gasteiger partial charge < -0.3 is 0 Å². The molecule has 0 aromatic carbocycles. The lowest BCUT2D eigenvalue weighted by Gasteiger charge is -1.85. The third kappa shape index (κ3) is 2.23. The maximum Gasteiger partial charge on any atom is 0.209 e. The number of alkyl halides is 1. The van der Waals surface area contributed by atoms with E-state index in [9.17, 15) is 0 Å². The summed E-state index contributed by atoms with van der Waals surface area (Å²) in [6.45, 7) is 0. The minimum atomic E-state index is 0.817. The number of hydrogen-bond donors (Lipinski definition) is 1. The van der Waals surface area contributed by atoms with Gasteiger partial charge in [0.2, 0.25) is 5.16 Å².